The lowest BCUT2D eigenvalue weighted by Crippen LogP contribution is -2.47. The van der Waals surface area contributed by atoms with Gasteiger partial charge in [-0.15, -0.1) is 0 Å². The third-order valence-electron chi connectivity index (χ3n) is 3.51. The Morgan fingerprint density at radius 1 is 1.21 bits per heavy atom. The lowest BCUT2D eigenvalue weighted by atomic mass is 10.0. The molecule has 0 radical (unpaired) electrons. The number of amides is 2. The molecule has 1 rings (SSSR count). The average Bonchev–Trinajstić information content (AvgIpc) is 2.55. The smallest absolute Gasteiger partial charge is 0.308 e. The van der Waals surface area contributed by atoms with E-state index >= 15 is 0 Å². The monoisotopic (exact) mass is 336 g/mol. The minimum absolute atomic E-state index is 0.0606. The Hall–Kier alpha value is -2.41. The van der Waals surface area contributed by atoms with Crippen LogP contribution < -0.4 is 11.1 Å². The minimum Gasteiger partial charge on any atom is -0.466 e. The van der Waals surface area contributed by atoms with Crippen LogP contribution in [0.4, 0.5) is 0 Å². The zero-order valence-corrected chi connectivity index (χ0v) is 14.2. The van der Waals surface area contributed by atoms with Gasteiger partial charge < -0.3 is 20.5 Å². The first kappa shape index (κ1) is 19.6. The van der Waals surface area contributed by atoms with Crippen molar-refractivity contribution in [3.05, 3.63) is 35.9 Å². The van der Waals surface area contributed by atoms with Crippen molar-refractivity contribution in [3.8, 4) is 0 Å². The van der Waals surface area contributed by atoms with Crippen LogP contribution in [-0.2, 0) is 23.9 Å². The molecule has 1 aromatic rings. The summed E-state index contributed by atoms with van der Waals surface area (Å²) >= 11 is 0. The van der Waals surface area contributed by atoms with Gasteiger partial charge in [0.25, 0.3) is 5.91 Å². The molecule has 1 aromatic carbocycles. The standard InChI is InChI=1S/C17H24N2O5/c1-4-24-17(22)11(2)10-13(15(18)20)19-16(21)14(23-3)12-8-6-5-7-9-12/h5-9,11,13-14H,4,10H2,1-3H3,(H2,18,20)(H,19,21)/t11-,13+,14-/m0/s1. The molecule has 2 amide bonds. The molecule has 132 valence electrons. The normalized spacial score (nSPS) is 14.3. The summed E-state index contributed by atoms with van der Waals surface area (Å²) in [5, 5.41) is 2.55. The third-order valence-corrected chi connectivity index (χ3v) is 3.51. The fourth-order valence-electron chi connectivity index (χ4n) is 2.25. The number of nitrogens with two attached hydrogens (primary N) is 1. The van der Waals surface area contributed by atoms with Gasteiger partial charge in [0.1, 0.15) is 6.04 Å². The van der Waals surface area contributed by atoms with E-state index in [4.69, 9.17) is 15.2 Å². The highest BCUT2D eigenvalue weighted by Gasteiger charge is 2.28. The van der Waals surface area contributed by atoms with Crippen LogP contribution in [0.2, 0.25) is 0 Å². The predicted octanol–water partition coefficient (Wildman–Crippen LogP) is 0.933. The number of primary amides is 1. The Balaban J connectivity index is 2.78. The van der Waals surface area contributed by atoms with Gasteiger partial charge in [-0.2, -0.15) is 0 Å². The molecule has 0 aliphatic rings. The second kappa shape index (κ2) is 9.67. The molecule has 0 unspecified atom stereocenters. The molecule has 0 saturated heterocycles. The molecule has 0 spiro atoms. The first-order chi connectivity index (χ1) is 11.4. The topological polar surface area (TPSA) is 108 Å². The number of hydrogen-bond donors (Lipinski definition) is 2. The number of hydrogen-bond acceptors (Lipinski definition) is 5. The number of methoxy groups -OCH3 is 1. The number of carbonyl (C=O) groups excluding carboxylic acids is 3. The van der Waals surface area contributed by atoms with Crippen molar-refractivity contribution in [3.63, 3.8) is 0 Å². The maximum absolute atomic E-state index is 12.4. The molecule has 24 heavy (non-hydrogen) atoms. The van der Waals surface area contributed by atoms with Crippen LogP contribution in [0.15, 0.2) is 30.3 Å². The zero-order valence-electron chi connectivity index (χ0n) is 14.2. The summed E-state index contributed by atoms with van der Waals surface area (Å²) in [6, 6.07) is 7.88. The largest absolute Gasteiger partial charge is 0.466 e. The Bertz CT molecular complexity index is 561. The fraction of sp³-hybridized carbons (Fsp3) is 0.471. The maximum atomic E-state index is 12.4. The van der Waals surface area contributed by atoms with Crippen LogP contribution in [0, 0.1) is 5.92 Å². The Morgan fingerprint density at radius 2 is 1.83 bits per heavy atom. The van der Waals surface area contributed by atoms with E-state index in [0.29, 0.717) is 5.56 Å². The summed E-state index contributed by atoms with van der Waals surface area (Å²) in [5.74, 6) is -2.23. The maximum Gasteiger partial charge on any atom is 0.308 e. The van der Waals surface area contributed by atoms with Crippen LogP contribution in [-0.4, -0.2) is 37.5 Å². The summed E-state index contributed by atoms with van der Waals surface area (Å²) in [6.07, 6.45) is -0.809. The van der Waals surface area contributed by atoms with Crippen molar-refractivity contribution < 1.29 is 23.9 Å². The van der Waals surface area contributed by atoms with E-state index in [0.717, 1.165) is 0 Å². The predicted molar refractivity (Wildman–Crippen MR) is 87.7 cm³/mol. The van der Waals surface area contributed by atoms with Crippen LogP contribution in [0.5, 0.6) is 0 Å². The van der Waals surface area contributed by atoms with Crippen LogP contribution in [0.1, 0.15) is 31.9 Å². The van der Waals surface area contributed by atoms with Crippen molar-refractivity contribution in [2.45, 2.75) is 32.4 Å². The molecule has 3 N–H and O–H groups in total. The molecule has 0 aliphatic carbocycles. The quantitative estimate of drug-likeness (QED) is 0.652. The van der Waals surface area contributed by atoms with Gasteiger partial charge >= 0.3 is 5.97 Å². The van der Waals surface area contributed by atoms with Crippen molar-refractivity contribution >= 4 is 17.8 Å². The average molecular weight is 336 g/mol. The van der Waals surface area contributed by atoms with Crippen LogP contribution in [0.3, 0.4) is 0 Å². The summed E-state index contributed by atoms with van der Waals surface area (Å²) in [6.45, 7) is 3.56. The van der Waals surface area contributed by atoms with E-state index in [9.17, 15) is 14.4 Å². The lowest BCUT2D eigenvalue weighted by Gasteiger charge is -2.22. The molecule has 0 saturated carbocycles. The van der Waals surface area contributed by atoms with Gasteiger partial charge in [-0.1, -0.05) is 37.3 Å². The second-order valence-corrected chi connectivity index (χ2v) is 5.38. The number of carbonyl (C=O) groups is 3. The molecule has 3 atom stereocenters. The van der Waals surface area contributed by atoms with Crippen LogP contribution in [0.25, 0.3) is 0 Å². The number of nitrogens with one attached hydrogen (secondary N) is 1. The summed E-state index contributed by atoms with van der Waals surface area (Å²) < 4.78 is 10.1. The Labute approximate surface area is 141 Å². The second-order valence-electron chi connectivity index (χ2n) is 5.38. The van der Waals surface area contributed by atoms with E-state index in [1.165, 1.54) is 7.11 Å². The minimum atomic E-state index is -0.988. The van der Waals surface area contributed by atoms with Gasteiger partial charge in [0, 0.05) is 7.11 Å². The van der Waals surface area contributed by atoms with E-state index < -0.39 is 35.8 Å². The van der Waals surface area contributed by atoms with E-state index in [1.807, 2.05) is 6.07 Å². The van der Waals surface area contributed by atoms with Crippen molar-refractivity contribution in [2.24, 2.45) is 11.7 Å². The summed E-state index contributed by atoms with van der Waals surface area (Å²) in [7, 11) is 1.40. The molecule has 7 heteroatoms. The van der Waals surface area contributed by atoms with Crippen molar-refractivity contribution in [2.75, 3.05) is 13.7 Å². The van der Waals surface area contributed by atoms with Crippen molar-refractivity contribution in [1.29, 1.82) is 0 Å². The number of esters is 1. The zero-order chi connectivity index (χ0) is 18.1. The molecule has 0 aliphatic heterocycles. The number of ether oxygens (including phenoxy) is 2. The molecular formula is C17H24N2O5. The highest BCUT2D eigenvalue weighted by Crippen LogP contribution is 2.17. The fourth-order valence-corrected chi connectivity index (χ4v) is 2.25. The molecule has 0 fully saturated rings. The third kappa shape index (κ3) is 5.66. The van der Waals surface area contributed by atoms with Gasteiger partial charge in [-0.05, 0) is 18.9 Å². The van der Waals surface area contributed by atoms with Gasteiger partial charge in [0.05, 0.1) is 12.5 Å². The highest BCUT2D eigenvalue weighted by molar-refractivity contribution is 5.89. The van der Waals surface area contributed by atoms with Gasteiger partial charge in [-0.25, -0.2) is 0 Å². The Morgan fingerprint density at radius 3 is 2.33 bits per heavy atom. The summed E-state index contributed by atoms with van der Waals surface area (Å²) in [5.41, 5.74) is 5.99. The molecular weight excluding hydrogens is 312 g/mol. The number of benzene rings is 1. The highest BCUT2D eigenvalue weighted by atomic mass is 16.5. The molecule has 0 aromatic heterocycles. The van der Waals surface area contributed by atoms with Gasteiger partial charge in [0.15, 0.2) is 6.10 Å². The Kier molecular flexibility index (Phi) is 7.91. The van der Waals surface area contributed by atoms with E-state index in [-0.39, 0.29) is 13.0 Å². The first-order valence-corrected chi connectivity index (χ1v) is 7.74. The lowest BCUT2D eigenvalue weighted by molar-refractivity contribution is -0.148. The van der Waals surface area contributed by atoms with E-state index in [1.54, 1.807) is 38.1 Å². The van der Waals surface area contributed by atoms with Gasteiger partial charge in [-0.3, -0.25) is 14.4 Å². The number of rotatable bonds is 9. The summed E-state index contributed by atoms with van der Waals surface area (Å²) in [4.78, 5) is 35.7. The van der Waals surface area contributed by atoms with Crippen molar-refractivity contribution in [1.82, 2.24) is 5.32 Å². The first-order valence-electron chi connectivity index (χ1n) is 7.74. The molecule has 7 nitrogen and oxygen atoms in total. The van der Waals surface area contributed by atoms with Gasteiger partial charge in [0.2, 0.25) is 5.91 Å². The molecule has 0 heterocycles. The SMILES string of the molecule is CCOC(=O)[C@@H](C)C[C@@H](NC(=O)[C@@H](OC)c1ccccc1)C(N)=O. The molecule has 0 bridgehead atoms. The van der Waals surface area contributed by atoms with Crippen LogP contribution >= 0.6 is 0 Å². The van der Waals surface area contributed by atoms with E-state index in [2.05, 4.69) is 5.32 Å².